The summed E-state index contributed by atoms with van der Waals surface area (Å²) in [6.07, 6.45) is 0. The summed E-state index contributed by atoms with van der Waals surface area (Å²) in [7, 11) is 0. The molecule has 37 heavy (non-hydrogen) atoms. The molecule has 0 aromatic heterocycles. The molecule has 0 fully saturated rings. The minimum absolute atomic E-state index is 0.636. The highest BCUT2D eigenvalue weighted by molar-refractivity contribution is 5.36. The van der Waals surface area contributed by atoms with Gasteiger partial charge < -0.3 is 0 Å². The molecule has 0 nitrogen and oxygen atoms in total. The van der Waals surface area contributed by atoms with Gasteiger partial charge in [0.05, 0.1) is 0 Å². The monoisotopic (exact) mass is 500 g/mol. The molecule has 0 N–H and O–H groups in total. The van der Waals surface area contributed by atoms with Crippen LogP contribution in [-0.2, 0) is 0 Å². The summed E-state index contributed by atoms with van der Waals surface area (Å²) in [6, 6.07) is 24.3. The largest absolute Gasteiger partial charge is 0.0620 e. The van der Waals surface area contributed by atoms with Crippen LogP contribution in [0.4, 0.5) is 0 Å². The van der Waals surface area contributed by atoms with E-state index in [2.05, 4.69) is 157 Å². The first kappa shape index (κ1) is 32.7. The molecule has 0 heteroatoms. The minimum atomic E-state index is 0.636. The molecule has 0 aliphatic rings. The zero-order valence-corrected chi connectivity index (χ0v) is 26.3. The van der Waals surface area contributed by atoms with Gasteiger partial charge in [-0.1, -0.05) is 155 Å². The molecule has 0 saturated heterocycles. The summed E-state index contributed by atoms with van der Waals surface area (Å²) < 4.78 is 0. The second-order valence-corrected chi connectivity index (χ2v) is 12.3. The second kappa shape index (κ2) is 15.8. The molecule has 0 unspecified atom stereocenters. The van der Waals surface area contributed by atoms with Crippen molar-refractivity contribution in [2.45, 2.75) is 126 Å². The molecule has 0 heterocycles. The van der Waals surface area contributed by atoms with Crippen molar-refractivity contribution >= 4 is 0 Å². The van der Waals surface area contributed by atoms with E-state index in [9.17, 15) is 0 Å². The number of aryl methyl sites for hydroxylation is 1. The predicted molar refractivity (Wildman–Crippen MR) is 169 cm³/mol. The molecular formula is C37H56. The summed E-state index contributed by atoms with van der Waals surface area (Å²) in [5, 5.41) is 0. The highest BCUT2D eigenvalue weighted by atomic mass is 14.1. The Morgan fingerprint density at radius 1 is 0.324 bits per heavy atom. The van der Waals surface area contributed by atoms with E-state index in [1.807, 2.05) is 0 Å². The Morgan fingerprint density at radius 2 is 0.568 bits per heavy atom. The van der Waals surface area contributed by atoms with E-state index in [4.69, 9.17) is 0 Å². The lowest BCUT2D eigenvalue weighted by Gasteiger charge is -2.16. The van der Waals surface area contributed by atoms with Gasteiger partial charge in [-0.25, -0.2) is 0 Å². The van der Waals surface area contributed by atoms with Gasteiger partial charge in [0.15, 0.2) is 0 Å². The Morgan fingerprint density at radius 3 is 0.811 bits per heavy atom. The lowest BCUT2D eigenvalue weighted by molar-refractivity contribution is 0.789. The summed E-state index contributed by atoms with van der Waals surface area (Å²) in [4.78, 5) is 0. The molecule has 3 aromatic rings. The number of benzene rings is 3. The van der Waals surface area contributed by atoms with E-state index in [-0.39, 0.29) is 0 Å². The molecule has 3 rings (SSSR count). The topological polar surface area (TPSA) is 0 Å². The lowest BCUT2D eigenvalue weighted by Crippen LogP contribution is -1.98. The Bertz CT molecular complexity index is 938. The number of hydrogen-bond donors (Lipinski definition) is 0. The second-order valence-electron chi connectivity index (χ2n) is 12.3. The van der Waals surface area contributed by atoms with Crippen molar-refractivity contribution in [2.24, 2.45) is 0 Å². The molecule has 0 saturated carbocycles. The molecule has 0 bridgehead atoms. The van der Waals surface area contributed by atoms with Crippen LogP contribution in [0.3, 0.4) is 0 Å². The van der Waals surface area contributed by atoms with Crippen LogP contribution >= 0.6 is 0 Å². The van der Waals surface area contributed by atoms with Crippen LogP contribution in [0.25, 0.3) is 0 Å². The smallest absolute Gasteiger partial charge is 0.0216 e. The number of rotatable bonds is 6. The van der Waals surface area contributed by atoms with Gasteiger partial charge in [-0.3, -0.25) is 0 Å². The molecule has 0 radical (unpaired) electrons. The standard InChI is InChI=1S/C13H20.2C12H18/c1-9(2)12-7-6-11(5)8-13(12)10(3)4;2*1-9(2)11-7-5-6-8-12(11)10(3)4/h6-10H,1-5H3;2*5-10H,1-4H3. The Labute approximate surface area is 230 Å². The third-order valence-electron chi connectivity index (χ3n) is 6.97. The van der Waals surface area contributed by atoms with Crippen molar-refractivity contribution in [2.75, 3.05) is 0 Å². The zero-order chi connectivity index (χ0) is 28.3. The van der Waals surface area contributed by atoms with Crippen LogP contribution in [-0.4, -0.2) is 0 Å². The molecular weight excluding hydrogens is 444 g/mol. The van der Waals surface area contributed by atoms with E-state index in [0.717, 1.165) is 0 Å². The summed E-state index contributed by atoms with van der Waals surface area (Å²) >= 11 is 0. The van der Waals surface area contributed by atoms with Crippen LogP contribution in [0.15, 0.2) is 66.7 Å². The van der Waals surface area contributed by atoms with E-state index in [1.165, 1.54) is 38.9 Å². The van der Waals surface area contributed by atoms with Crippen LogP contribution in [0.1, 0.15) is 158 Å². The average Bonchev–Trinajstić information content (AvgIpc) is 2.84. The normalized spacial score (nSPS) is 11.2. The van der Waals surface area contributed by atoms with Crippen molar-refractivity contribution in [3.63, 3.8) is 0 Å². The third kappa shape index (κ3) is 10.5. The van der Waals surface area contributed by atoms with Gasteiger partial charge in [0.2, 0.25) is 0 Å². The SMILES string of the molecule is CC(C)c1ccccc1C(C)C.CC(C)c1ccccc1C(C)C.Cc1ccc(C(C)C)c(C(C)C)c1. The first-order chi connectivity index (χ1) is 17.3. The van der Waals surface area contributed by atoms with Crippen molar-refractivity contribution in [1.82, 2.24) is 0 Å². The molecule has 0 aliphatic carbocycles. The van der Waals surface area contributed by atoms with E-state index in [1.54, 1.807) is 0 Å². The van der Waals surface area contributed by atoms with E-state index < -0.39 is 0 Å². The van der Waals surface area contributed by atoms with Crippen LogP contribution in [0.5, 0.6) is 0 Å². The molecule has 0 amide bonds. The molecule has 3 aromatic carbocycles. The predicted octanol–water partition coefficient (Wildman–Crippen LogP) is 12.1. The summed E-state index contributed by atoms with van der Waals surface area (Å²) in [6.45, 7) is 29.2. The van der Waals surface area contributed by atoms with Gasteiger partial charge in [0.1, 0.15) is 0 Å². The van der Waals surface area contributed by atoms with E-state index >= 15 is 0 Å². The van der Waals surface area contributed by atoms with Crippen molar-refractivity contribution in [3.05, 3.63) is 106 Å². The molecule has 204 valence electrons. The molecule has 0 aliphatic heterocycles. The first-order valence-corrected chi connectivity index (χ1v) is 14.6. The summed E-state index contributed by atoms with van der Waals surface area (Å²) in [5.74, 6) is 3.84. The zero-order valence-electron chi connectivity index (χ0n) is 26.3. The van der Waals surface area contributed by atoms with Crippen LogP contribution in [0, 0.1) is 6.92 Å². The Hall–Kier alpha value is -2.34. The van der Waals surface area contributed by atoms with Gasteiger partial charge in [0.25, 0.3) is 0 Å². The number of hydrogen-bond acceptors (Lipinski definition) is 0. The van der Waals surface area contributed by atoms with Gasteiger partial charge in [0, 0.05) is 0 Å². The fraction of sp³-hybridized carbons (Fsp3) is 0.514. The highest BCUT2D eigenvalue weighted by Gasteiger charge is 2.10. The maximum Gasteiger partial charge on any atom is -0.0216 e. The van der Waals surface area contributed by atoms with Crippen molar-refractivity contribution < 1.29 is 0 Å². The van der Waals surface area contributed by atoms with Gasteiger partial charge >= 0.3 is 0 Å². The fourth-order valence-electron chi connectivity index (χ4n) is 4.84. The van der Waals surface area contributed by atoms with Gasteiger partial charge in [-0.05, 0) is 75.8 Å². The lowest BCUT2D eigenvalue weighted by atomic mass is 9.89. The fourth-order valence-corrected chi connectivity index (χ4v) is 4.84. The van der Waals surface area contributed by atoms with Gasteiger partial charge in [-0.2, -0.15) is 0 Å². The quantitative estimate of drug-likeness (QED) is 0.315. The molecule has 0 atom stereocenters. The Kier molecular flexibility index (Phi) is 14.0. The first-order valence-electron chi connectivity index (χ1n) is 14.6. The maximum atomic E-state index is 2.32. The van der Waals surface area contributed by atoms with Gasteiger partial charge in [-0.15, -0.1) is 0 Å². The maximum absolute atomic E-state index is 2.32. The van der Waals surface area contributed by atoms with Crippen molar-refractivity contribution in [3.8, 4) is 0 Å². The average molecular weight is 501 g/mol. The van der Waals surface area contributed by atoms with Crippen molar-refractivity contribution in [1.29, 1.82) is 0 Å². The summed E-state index contributed by atoms with van der Waals surface area (Å²) in [5.41, 5.74) is 10.4. The minimum Gasteiger partial charge on any atom is -0.0620 e. The van der Waals surface area contributed by atoms with E-state index in [0.29, 0.717) is 35.5 Å². The highest BCUT2D eigenvalue weighted by Crippen LogP contribution is 2.27. The Balaban J connectivity index is 0.000000278. The van der Waals surface area contributed by atoms with Crippen LogP contribution < -0.4 is 0 Å². The van der Waals surface area contributed by atoms with Crippen LogP contribution in [0.2, 0.25) is 0 Å². The molecule has 0 spiro atoms. The third-order valence-corrected chi connectivity index (χ3v) is 6.97.